The van der Waals surface area contributed by atoms with Gasteiger partial charge in [0, 0.05) is 29.7 Å². The summed E-state index contributed by atoms with van der Waals surface area (Å²) in [5, 5.41) is 3.35. The maximum Gasteiger partial charge on any atom is 0.253 e. The molecule has 0 spiro atoms. The molecule has 2 fully saturated rings. The molecule has 140 valence electrons. The molecule has 3 atom stereocenters. The van der Waals surface area contributed by atoms with Gasteiger partial charge in [-0.15, -0.1) is 0 Å². The second-order valence-electron chi connectivity index (χ2n) is 7.46. The van der Waals surface area contributed by atoms with Crippen molar-refractivity contribution in [1.29, 1.82) is 0 Å². The molecular formula is C18H22FN3O3S. The minimum absolute atomic E-state index is 0.0568. The highest BCUT2D eigenvalue weighted by Gasteiger charge is 2.39. The Kier molecular flexibility index (Phi) is 4.07. The van der Waals surface area contributed by atoms with E-state index in [9.17, 15) is 17.6 Å². The quantitative estimate of drug-likeness (QED) is 0.885. The van der Waals surface area contributed by atoms with Crippen LogP contribution in [0.15, 0.2) is 24.4 Å². The summed E-state index contributed by atoms with van der Waals surface area (Å²) in [6.07, 6.45) is 6.42. The van der Waals surface area contributed by atoms with Crippen molar-refractivity contribution in [3.8, 4) is 0 Å². The number of carbonyl (C=O) groups is 1. The molecule has 26 heavy (non-hydrogen) atoms. The first-order valence-electron chi connectivity index (χ1n) is 8.78. The van der Waals surface area contributed by atoms with Crippen molar-refractivity contribution < 1.29 is 17.6 Å². The van der Waals surface area contributed by atoms with Gasteiger partial charge in [0.2, 0.25) is 10.0 Å². The molecular weight excluding hydrogens is 357 g/mol. The number of carbonyl (C=O) groups excluding carboxylic acids is 1. The molecule has 1 amide bonds. The molecule has 2 saturated heterocycles. The van der Waals surface area contributed by atoms with Gasteiger partial charge in [-0.1, -0.05) is 0 Å². The Bertz CT molecular complexity index is 971. The fraction of sp³-hybridized carbons (Fsp3) is 0.500. The monoisotopic (exact) mass is 379 g/mol. The molecule has 2 aliphatic heterocycles. The van der Waals surface area contributed by atoms with Crippen molar-refractivity contribution in [2.24, 2.45) is 0 Å². The summed E-state index contributed by atoms with van der Waals surface area (Å²) in [4.78, 5) is 15.2. The van der Waals surface area contributed by atoms with Crippen LogP contribution in [0, 0.1) is 5.82 Å². The molecule has 0 unspecified atom stereocenters. The lowest BCUT2D eigenvalue weighted by Crippen LogP contribution is -2.48. The summed E-state index contributed by atoms with van der Waals surface area (Å²) >= 11 is 0. The zero-order chi connectivity index (χ0) is 18.6. The Morgan fingerprint density at radius 3 is 2.50 bits per heavy atom. The minimum atomic E-state index is -3.60. The average Bonchev–Trinajstić information content (AvgIpc) is 3.01. The molecule has 2 bridgehead atoms. The van der Waals surface area contributed by atoms with Crippen LogP contribution in [0.1, 0.15) is 36.0 Å². The van der Waals surface area contributed by atoms with E-state index in [2.05, 4.69) is 17.3 Å². The van der Waals surface area contributed by atoms with E-state index in [4.69, 9.17) is 0 Å². The van der Waals surface area contributed by atoms with Gasteiger partial charge in [-0.2, -0.15) is 0 Å². The largest absolute Gasteiger partial charge is 0.349 e. The molecule has 3 heterocycles. The van der Waals surface area contributed by atoms with Crippen LogP contribution in [0.4, 0.5) is 4.39 Å². The van der Waals surface area contributed by atoms with Gasteiger partial charge in [0.05, 0.1) is 17.3 Å². The summed E-state index contributed by atoms with van der Waals surface area (Å²) in [5.41, 5.74) is 0.499. The normalized spacial score (nSPS) is 26.3. The van der Waals surface area contributed by atoms with E-state index >= 15 is 0 Å². The molecule has 6 nitrogen and oxygen atoms in total. The van der Waals surface area contributed by atoms with Gasteiger partial charge in [-0.3, -0.25) is 4.79 Å². The number of hydrogen-bond acceptors (Lipinski definition) is 4. The van der Waals surface area contributed by atoms with E-state index in [0.717, 1.165) is 35.9 Å². The Hall–Kier alpha value is -1.93. The van der Waals surface area contributed by atoms with Crippen molar-refractivity contribution in [3.63, 3.8) is 0 Å². The number of rotatable bonds is 3. The Morgan fingerprint density at radius 2 is 1.88 bits per heavy atom. The zero-order valence-electron chi connectivity index (χ0n) is 14.8. The second-order valence-corrected chi connectivity index (χ2v) is 9.31. The van der Waals surface area contributed by atoms with E-state index in [1.807, 2.05) is 0 Å². The zero-order valence-corrected chi connectivity index (χ0v) is 15.6. The number of halogens is 1. The highest BCUT2D eigenvalue weighted by Crippen LogP contribution is 2.34. The number of aromatic nitrogens is 1. The van der Waals surface area contributed by atoms with Gasteiger partial charge >= 0.3 is 0 Å². The molecule has 1 aromatic heterocycles. The second kappa shape index (κ2) is 6.06. The summed E-state index contributed by atoms with van der Waals surface area (Å²) < 4.78 is 38.8. The van der Waals surface area contributed by atoms with Gasteiger partial charge in [0.1, 0.15) is 5.82 Å². The van der Waals surface area contributed by atoms with Gasteiger partial charge in [-0.05, 0) is 50.9 Å². The molecule has 8 heteroatoms. The van der Waals surface area contributed by atoms with Crippen LogP contribution in [-0.2, 0) is 10.0 Å². The van der Waals surface area contributed by atoms with E-state index in [0.29, 0.717) is 23.0 Å². The van der Waals surface area contributed by atoms with Crippen molar-refractivity contribution >= 4 is 26.8 Å². The third-order valence-corrected chi connectivity index (χ3v) is 6.78. The van der Waals surface area contributed by atoms with Gasteiger partial charge in [0.15, 0.2) is 0 Å². The van der Waals surface area contributed by atoms with E-state index in [1.54, 1.807) is 0 Å². The molecule has 1 N–H and O–H groups in total. The third-order valence-electron chi connectivity index (χ3n) is 5.77. The van der Waals surface area contributed by atoms with Crippen molar-refractivity contribution in [1.82, 2.24) is 14.2 Å². The highest BCUT2D eigenvalue weighted by molar-refractivity contribution is 7.89. The summed E-state index contributed by atoms with van der Waals surface area (Å²) in [7, 11) is -1.47. The molecule has 4 rings (SSSR count). The number of fused-ring (bicyclic) bond motifs is 3. The van der Waals surface area contributed by atoms with Crippen LogP contribution in [-0.4, -0.2) is 54.6 Å². The van der Waals surface area contributed by atoms with E-state index in [1.165, 1.54) is 24.4 Å². The molecule has 1 aromatic carbocycles. The predicted molar refractivity (Wildman–Crippen MR) is 97.2 cm³/mol. The standard InChI is InChI=1S/C18H22FN3O3S/c1-21-13-4-5-14(21)9-12(8-13)20-18(23)16-10-22(26(2,24)25)17-6-3-11(19)7-15(16)17/h3,6-7,10,12-14H,4-5,8-9H2,1-2H3,(H,20,23)/t12-,13+,14-. The van der Waals surface area contributed by atoms with Crippen molar-refractivity contribution in [3.05, 3.63) is 35.8 Å². The first-order valence-corrected chi connectivity index (χ1v) is 10.6. The summed E-state index contributed by atoms with van der Waals surface area (Å²) in [5.74, 6) is -0.855. The molecule has 0 saturated carbocycles. The average molecular weight is 379 g/mol. The van der Waals surface area contributed by atoms with Crippen LogP contribution in [0.25, 0.3) is 10.9 Å². The minimum Gasteiger partial charge on any atom is -0.349 e. The smallest absolute Gasteiger partial charge is 0.253 e. The number of benzene rings is 1. The SMILES string of the molecule is CN1[C@@H]2CC[C@H]1C[C@@H](NC(=O)c1cn(S(C)(=O)=O)c3ccc(F)cc13)C2. The molecule has 2 aromatic rings. The lowest BCUT2D eigenvalue weighted by molar-refractivity contribution is 0.0884. The number of nitrogens with one attached hydrogen (secondary N) is 1. The van der Waals surface area contributed by atoms with Gasteiger partial charge in [0.25, 0.3) is 5.91 Å². The summed E-state index contributed by atoms with van der Waals surface area (Å²) in [6.45, 7) is 0. The maximum absolute atomic E-state index is 13.7. The molecule has 0 radical (unpaired) electrons. The Morgan fingerprint density at radius 1 is 1.23 bits per heavy atom. The fourth-order valence-electron chi connectivity index (χ4n) is 4.42. The van der Waals surface area contributed by atoms with Crippen molar-refractivity contribution in [2.75, 3.05) is 13.3 Å². The van der Waals surface area contributed by atoms with Gasteiger partial charge < -0.3 is 10.2 Å². The van der Waals surface area contributed by atoms with Crippen molar-refractivity contribution in [2.45, 2.75) is 43.8 Å². The molecule has 2 aliphatic rings. The summed E-state index contributed by atoms with van der Waals surface area (Å²) in [6, 6.07) is 4.81. The van der Waals surface area contributed by atoms with E-state index in [-0.39, 0.29) is 17.5 Å². The number of amides is 1. The Labute approximate surface area is 152 Å². The highest BCUT2D eigenvalue weighted by atomic mass is 32.2. The van der Waals surface area contributed by atoms with Crippen LogP contribution in [0.5, 0.6) is 0 Å². The predicted octanol–water partition coefficient (Wildman–Crippen LogP) is 1.94. The third kappa shape index (κ3) is 2.91. The first kappa shape index (κ1) is 17.5. The lowest BCUT2D eigenvalue weighted by atomic mass is 9.97. The maximum atomic E-state index is 13.7. The van der Waals surface area contributed by atoms with Crippen LogP contribution < -0.4 is 5.32 Å². The van der Waals surface area contributed by atoms with Crippen LogP contribution >= 0.6 is 0 Å². The first-order chi connectivity index (χ1) is 12.2. The molecule has 0 aliphatic carbocycles. The lowest BCUT2D eigenvalue weighted by Gasteiger charge is -2.36. The topological polar surface area (TPSA) is 71.4 Å². The van der Waals surface area contributed by atoms with Crippen LogP contribution in [0.2, 0.25) is 0 Å². The van der Waals surface area contributed by atoms with Crippen LogP contribution in [0.3, 0.4) is 0 Å². The van der Waals surface area contributed by atoms with Gasteiger partial charge in [-0.25, -0.2) is 16.8 Å². The number of piperidine rings is 1. The fourth-order valence-corrected chi connectivity index (χ4v) is 5.23. The Balaban J connectivity index is 1.66. The van der Waals surface area contributed by atoms with E-state index < -0.39 is 15.8 Å². The number of nitrogens with zero attached hydrogens (tertiary/aromatic N) is 2. The number of hydrogen-bond donors (Lipinski definition) is 1.